The lowest BCUT2D eigenvalue weighted by Crippen LogP contribution is -2.22. The normalized spacial score (nSPS) is 20.9. The van der Waals surface area contributed by atoms with Crippen molar-refractivity contribution in [2.24, 2.45) is 0 Å². The highest BCUT2D eigenvalue weighted by atomic mass is 16.6. The van der Waals surface area contributed by atoms with Gasteiger partial charge in [-0.15, -0.1) is 0 Å². The van der Waals surface area contributed by atoms with E-state index in [4.69, 9.17) is 9.47 Å². The molecule has 2 heterocycles. The summed E-state index contributed by atoms with van der Waals surface area (Å²) in [6.45, 7) is 1.78. The van der Waals surface area contributed by atoms with Crippen molar-refractivity contribution in [1.82, 2.24) is 4.98 Å². The molecule has 1 fully saturated rings. The van der Waals surface area contributed by atoms with Gasteiger partial charge in [-0.3, -0.25) is 9.78 Å². The van der Waals surface area contributed by atoms with E-state index < -0.39 is 18.0 Å². The number of fused-ring (bicyclic) bond motifs is 1. The number of para-hydroxylation sites is 1. The second kappa shape index (κ2) is 6.13. The van der Waals surface area contributed by atoms with Crippen molar-refractivity contribution in [3.8, 4) is 0 Å². The van der Waals surface area contributed by atoms with Crippen LogP contribution in [0.3, 0.4) is 0 Å². The Bertz CT molecular complexity index is 713. The summed E-state index contributed by atoms with van der Waals surface area (Å²) in [5.41, 5.74) is 1.74. The number of benzene rings is 1. The monoisotopic (exact) mass is 299 g/mol. The summed E-state index contributed by atoms with van der Waals surface area (Å²) < 4.78 is 10.1. The fourth-order valence-electron chi connectivity index (χ4n) is 2.51. The van der Waals surface area contributed by atoms with Crippen LogP contribution >= 0.6 is 0 Å². The number of aromatic nitrogens is 1. The van der Waals surface area contributed by atoms with Gasteiger partial charge in [-0.2, -0.15) is 0 Å². The molecule has 1 aliphatic rings. The van der Waals surface area contributed by atoms with Gasteiger partial charge in [-0.1, -0.05) is 24.3 Å². The van der Waals surface area contributed by atoms with Crippen LogP contribution in [0.4, 0.5) is 0 Å². The second-order valence-corrected chi connectivity index (χ2v) is 5.46. The second-order valence-electron chi connectivity index (χ2n) is 5.46. The number of pyridine rings is 1. The summed E-state index contributed by atoms with van der Waals surface area (Å²) in [6.07, 6.45) is 0.169. The molecule has 1 saturated heterocycles. The minimum atomic E-state index is -0.757. The molecule has 0 radical (unpaired) electrons. The number of aryl methyl sites for hydroxylation is 1. The molecule has 0 saturated carbocycles. The van der Waals surface area contributed by atoms with Gasteiger partial charge in [0.1, 0.15) is 6.10 Å². The number of esters is 2. The van der Waals surface area contributed by atoms with Gasteiger partial charge in [0.25, 0.3) is 0 Å². The zero-order valence-corrected chi connectivity index (χ0v) is 12.3. The minimum absolute atomic E-state index is 0.188. The van der Waals surface area contributed by atoms with Crippen LogP contribution in [-0.2, 0) is 25.5 Å². The third kappa shape index (κ3) is 3.24. The van der Waals surface area contributed by atoms with E-state index >= 15 is 0 Å². The Morgan fingerprint density at radius 3 is 2.91 bits per heavy atom. The number of cyclic esters (lactones) is 1. The predicted molar refractivity (Wildman–Crippen MR) is 80.1 cm³/mol. The predicted octanol–water partition coefficient (Wildman–Crippen LogP) is 2.41. The fraction of sp³-hybridized carbons (Fsp3) is 0.353. The molecule has 1 aliphatic heterocycles. The summed E-state index contributed by atoms with van der Waals surface area (Å²) in [5, 5.41) is 1.07. The molecule has 0 aliphatic carbocycles. The van der Waals surface area contributed by atoms with Crippen LogP contribution in [0.1, 0.15) is 25.5 Å². The average molecular weight is 299 g/mol. The van der Waals surface area contributed by atoms with E-state index in [-0.39, 0.29) is 12.5 Å². The van der Waals surface area contributed by atoms with Crippen LogP contribution in [0.5, 0.6) is 0 Å². The minimum Gasteiger partial charge on any atom is -0.460 e. The molecule has 2 unspecified atom stereocenters. The van der Waals surface area contributed by atoms with Gasteiger partial charge < -0.3 is 9.47 Å². The highest BCUT2D eigenvalue weighted by molar-refractivity contribution is 5.81. The molecule has 114 valence electrons. The van der Waals surface area contributed by atoms with E-state index in [1.807, 2.05) is 36.4 Å². The Balaban J connectivity index is 1.57. The zero-order valence-electron chi connectivity index (χ0n) is 12.3. The Morgan fingerprint density at radius 2 is 2.14 bits per heavy atom. The Morgan fingerprint density at radius 1 is 1.32 bits per heavy atom. The highest BCUT2D eigenvalue weighted by Gasteiger charge is 2.34. The molecule has 1 aromatic heterocycles. The molecule has 2 aromatic rings. The third-order valence-electron chi connectivity index (χ3n) is 3.64. The van der Waals surface area contributed by atoms with E-state index in [1.165, 1.54) is 0 Å². The van der Waals surface area contributed by atoms with Crippen LogP contribution < -0.4 is 0 Å². The van der Waals surface area contributed by atoms with Gasteiger partial charge in [-0.05, 0) is 19.1 Å². The number of hydrogen-bond acceptors (Lipinski definition) is 5. The third-order valence-corrected chi connectivity index (χ3v) is 3.64. The number of carbonyl (C=O) groups is 2. The van der Waals surface area contributed by atoms with Crippen LogP contribution in [0, 0.1) is 0 Å². The standard InChI is InChI=1S/C17H17NO4/c1-11-10-15(17(20)21-11)22-16(19)9-8-13-7-6-12-4-2-3-5-14(12)18-13/h2-7,11,15H,8-10H2,1H3. The molecule has 0 spiro atoms. The molecule has 22 heavy (non-hydrogen) atoms. The van der Waals surface area contributed by atoms with Crippen molar-refractivity contribution < 1.29 is 19.1 Å². The van der Waals surface area contributed by atoms with Gasteiger partial charge >= 0.3 is 11.9 Å². The fourth-order valence-corrected chi connectivity index (χ4v) is 2.51. The summed E-state index contributed by atoms with van der Waals surface area (Å²) in [5.74, 6) is -0.851. The molecule has 0 N–H and O–H groups in total. The van der Waals surface area contributed by atoms with Crippen LogP contribution in [-0.4, -0.2) is 29.1 Å². The Hall–Kier alpha value is -2.43. The van der Waals surface area contributed by atoms with Crippen LogP contribution in [0.2, 0.25) is 0 Å². The van der Waals surface area contributed by atoms with Crippen molar-refractivity contribution in [2.45, 2.75) is 38.4 Å². The van der Waals surface area contributed by atoms with Crippen LogP contribution in [0.15, 0.2) is 36.4 Å². The molecular formula is C17H17NO4. The smallest absolute Gasteiger partial charge is 0.347 e. The first-order valence-corrected chi connectivity index (χ1v) is 7.36. The molecule has 5 heteroatoms. The molecule has 5 nitrogen and oxygen atoms in total. The van der Waals surface area contributed by atoms with Crippen molar-refractivity contribution in [3.05, 3.63) is 42.1 Å². The molecule has 1 aromatic carbocycles. The van der Waals surface area contributed by atoms with Crippen molar-refractivity contribution in [3.63, 3.8) is 0 Å². The first-order valence-electron chi connectivity index (χ1n) is 7.36. The number of hydrogen-bond donors (Lipinski definition) is 0. The maximum atomic E-state index is 11.8. The molecule has 3 rings (SSSR count). The van der Waals surface area contributed by atoms with Crippen molar-refractivity contribution >= 4 is 22.8 Å². The topological polar surface area (TPSA) is 65.5 Å². The SMILES string of the molecule is CC1CC(OC(=O)CCc2ccc3ccccc3n2)C(=O)O1. The maximum absolute atomic E-state index is 11.8. The largest absolute Gasteiger partial charge is 0.460 e. The van der Waals surface area contributed by atoms with Crippen LogP contribution in [0.25, 0.3) is 10.9 Å². The molecule has 0 bridgehead atoms. The first-order chi connectivity index (χ1) is 10.6. The van der Waals surface area contributed by atoms with E-state index in [2.05, 4.69) is 4.98 Å². The van der Waals surface area contributed by atoms with Gasteiger partial charge in [-0.25, -0.2) is 4.79 Å². The Kier molecular flexibility index (Phi) is 4.04. The van der Waals surface area contributed by atoms with Crippen molar-refractivity contribution in [1.29, 1.82) is 0 Å². The first kappa shape index (κ1) is 14.5. The van der Waals surface area contributed by atoms with E-state index in [9.17, 15) is 9.59 Å². The maximum Gasteiger partial charge on any atom is 0.347 e. The average Bonchev–Trinajstić information content (AvgIpc) is 2.82. The lowest BCUT2D eigenvalue weighted by Gasteiger charge is -2.08. The van der Waals surface area contributed by atoms with Crippen molar-refractivity contribution in [2.75, 3.05) is 0 Å². The van der Waals surface area contributed by atoms with E-state index in [0.29, 0.717) is 12.8 Å². The van der Waals surface area contributed by atoms with Gasteiger partial charge in [0.2, 0.25) is 6.10 Å². The lowest BCUT2D eigenvalue weighted by atomic mass is 10.1. The summed E-state index contributed by atoms with van der Waals surface area (Å²) in [6, 6.07) is 11.7. The summed E-state index contributed by atoms with van der Waals surface area (Å²) in [7, 11) is 0. The number of nitrogens with zero attached hydrogens (tertiary/aromatic N) is 1. The number of ether oxygens (including phenoxy) is 2. The number of rotatable bonds is 4. The highest BCUT2D eigenvalue weighted by Crippen LogP contribution is 2.18. The molecule has 2 atom stereocenters. The van der Waals surface area contributed by atoms with Gasteiger partial charge in [0.05, 0.1) is 11.9 Å². The lowest BCUT2D eigenvalue weighted by molar-refractivity contribution is -0.160. The number of carbonyl (C=O) groups excluding carboxylic acids is 2. The van der Waals surface area contributed by atoms with Gasteiger partial charge in [0, 0.05) is 23.9 Å². The molecule has 0 amide bonds. The Labute approximate surface area is 128 Å². The van der Waals surface area contributed by atoms with E-state index in [1.54, 1.807) is 6.92 Å². The quantitative estimate of drug-likeness (QED) is 0.811. The molecular weight excluding hydrogens is 282 g/mol. The van der Waals surface area contributed by atoms with E-state index in [0.717, 1.165) is 16.6 Å². The van der Waals surface area contributed by atoms with Gasteiger partial charge in [0.15, 0.2) is 0 Å². The zero-order chi connectivity index (χ0) is 15.5. The summed E-state index contributed by atoms with van der Waals surface area (Å²) >= 11 is 0. The summed E-state index contributed by atoms with van der Waals surface area (Å²) in [4.78, 5) is 27.8.